The molecule has 0 aliphatic carbocycles. The predicted molar refractivity (Wildman–Crippen MR) is 102 cm³/mol. The standard InChI is InChI=1S/C19H22N4O5/c1-21-17(25)15(14(24)11-22-9-5-8-13(22)18(26)27)16(20)23(19(21)28)10-12-6-3-2-4-7-12/h2-4,6-7,13H,5,8-11,20H2,1H3,(H,26,27)/t13-/m1/s1. The second-order valence-electron chi connectivity index (χ2n) is 6.87. The quantitative estimate of drug-likeness (QED) is 0.664. The number of nitrogens with two attached hydrogens (primary N) is 1. The van der Waals surface area contributed by atoms with Gasteiger partial charge >= 0.3 is 11.7 Å². The van der Waals surface area contributed by atoms with Crippen molar-refractivity contribution in [2.45, 2.75) is 25.4 Å². The van der Waals surface area contributed by atoms with E-state index in [4.69, 9.17) is 5.73 Å². The molecule has 0 saturated carbocycles. The van der Waals surface area contributed by atoms with E-state index in [0.29, 0.717) is 19.4 Å². The van der Waals surface area contributed by atoms with Gasteiger partial charge in [0.2, 0.25) is 0 Å². The van der Waals surface area contributed by atoms with Crippen molar-refractivity contribution in [3.63, 3.8) is 0 Å². The van der Waals surface area contributed by atoms with Crippen LogP contribution in [0.1, 0.15) is 28.8 Å². The monoisotopic (exact) mass is 386 g/mol. The van der Waals surface area contributed by atoms with Crippen LogP contribution in [-0.2, 0) is 18.4 Å². The van der Waals surface area contributed by atoms with Gasteiger partial charge in [-0.25, -0.2) is 4.79 Å². The highest BCUT2D eigenvalue weighted by atomic mass is 16.4. The summed E-state index contributed by atoms with van der Waals surface area (Å²) in [6, 6.07) is 8.30. The molecular formula is C19H22N4O5. The van der Waals surface area contributed by atoms with Crippen molar-refractivity contribution in [2.24, 2.45) is 7.05 Å². The van der Waals surface area contributed by atoms with Gasteiger partial charge in [0, 0.05) is 7.05 Å². The zero-order valence-electron chi connectivity index (χ0n) is 15.5. The molecular weight excluding hydrogens is 364 g/mol. The lowest BCUT2D eigenvalue weighted by atomic mass is 10.1. The van der Waals surface area contributed by atoms with Gasteiger partial charge in [0.1, 0.15) is 17.4 Å². The Kier molecular flexibility index (Phi) is 5.46. The number of benzene rings is 1. The summed E-state index contributed by atoms with van der Waals surface area (Å²) in [6.07, 6.45) is 1.11. The van der Waals surface area contributed by atoms with E-state index in [1.807, 2.05) is 18.2 Å². The Morgan fingerprint density at radius 3 is 2.54 bits per heavy atom. The minimum Gasteiger partial charge on any atom is -0.480 e. The summed E-state index contributed by atoms with van der Waals surface area (Å²) in [5.74, 6) is -1.79. The molecule has 148 valence electrons. The van der Waals surface area contributed by atoms with Crippen molar-refractivity contribution >= 4 is 17.6 Å². The number of nitrogen functional groups attached to an aromatic ring is 1. The summed E-state index contributed by atoms with van der Waals surface area (Å²) in [6.45, 7) is 0.327. The summed E-state index contributed by atoms with van der Waals surface area (Å²) in [4.78, 5) is 50.8. The second kappa shape index (κ2) is 7.81. The topological polar surface area (TPSA) is 128 Å². The van der Waals surface area contributed by atoms with Crippen LogP contribution in [0.5, 0.6) is 0 Å². The predicted octanol–water partition coefficient (Wildman–Crippen LogP) is -0.0908. The van der Waals surface area contributed by atoms with Crippen LogP contribution in [-0.4, -0.2) is 50.0 Å². The lowest BCUT2D eigenvalue weighted by Crippen LogP contribution is -2.45. The van der Waals surface area contributed by atoms with E-state index in [1.54, 1.807) is 12.1 Å². The average molecular weight is 386 g/mol. The Balaban J connectivity index is 1.99. The highest BCUT2D eigenvalue weighted by Gasteiger charge is 2.33. The Morgan fingerprint density at radius 2 is 1.89 bits per heavy atom. The first kappa shape index (κ1) is 19.6. The molecule has 1 atom stereocenters. The van der Waals surface area contributed by atoms with Gasteiger partial charge in [-0.3, -0.25) is 28.4 Å². The molecule has 0 spiro atoms. The summed E-state index contributed by atoms with van der Waals surface area (Å²) >= 11 is 0. The second-order valence-corrected chi connectivity index (χ2v) is 6.87. The van der Waals surface area contributed by atoms with E-state index in [-0.39, 0.29) is 24.5 Å². The van der Waals surface area contributed by atoms with Crippen LogP contribution in [0, 0.1) is 0 Å². The Hall–Kier alpha value is -3.20. The van der Waals surface area contributed by atoms with Crippen LogP contribution in [0.15, 0.2) is 39.9 Å². The van der Waals surface area contributed by atoms with Crippen LogP contribution < -0.4 is 17.0 Å². The maximum absolute atomic E-state index is 12.8. The molecule has 0 unspecified atom stereocenters. The molecule has 1 aromatic heterocycles. The average Bonchev–Trinajstić information content (AvgIpc) is 3.13. The number of carbonyl (C=O) groups is 2. The van der Waals surface area contributed by atoms with Gasteiger partial charge in [-0.15, -0.1) is 0 Å². The number of carboxylic acids is 1. The van der Waals surface area contributed by atoms with E-state index < -0.39 is 29.0 Å². The fourth-order valence-corrected chi connectivity index (χ4v) is 3.52. The van der Waals surface area contributed by atoms with E-state index in [1.165, 1.54) is 16.5 Å². The van der Waals surface area contributed by atoms with Crippen LogP contribution >= 0.6 is 0 Å². The van der Waals surface area contributed by atoms with Gasteiger partial charge in [0.25, 0.3) is 5.56 Å². The van der Waals surface area contributed by atoms with Crippen molar-refractivity contribution in [3.05, 3.63) is 62.3 Å². The minimum absolute atomic E-state index is 0.112. The summed E-state index contributed by atoms with van der Waals surface area (Å²) < 4.78 is 2.04. The van der Waals surface area contributed by atoms with E-state index in [0.717, 1.165) is 10.1 Å². The van der Waals surface area contributed by atoms with E-state index in [2.05, 4.69) is 0 Å². The number of Topliss-reactive ketones (excluding diaryl/α,β-unsaturated/α-hetero) is 1. The number of anilines is 1. The van der Waals surface area contributed by atoms with Crippen molar-refractivity contribution < 1.29 is 14.7 Å². The molecule has 1 aliphatic rings. The number of nitrogens with zero attached hydrogens (tertiary/aromatic N) is 3. The first-order valence-corrected chi connectivity index (χ1v) is 8.94. The number of hydrogen-bond donors (Lipinski definition) is 2. The van der Waals surface area contributed by atoms with Crippen LogP contribution in [0.4, 0.5) is 5.82 Å². The zero-order chi connectivity index (χ0) is 20.4. The maximum Gasteiger partial charge on any atom is 0.332 e. The maximum atomic E-state index is 12.8. The number of carboxylic acid groups (broad SMARTS) is 1. The third-order valence-electron chi connectivity index (χ3n) is 5.04. The SMILES string of the molecule is Cn1c(=O)c(C(=O)CN2CCC[C@@H]2C(=O)O)c(N)n(Cc2ccccc2)c1=O. The van der Waals surface area contributed by atoms with Crippen molar-refractivity contribution in [3.8, 4) is 0 Å². The molecule has 0 amide bonds. The van der Waals surface area contributed by atoms with Crippen molar-refractivity contribution in [1.29, 1.82) is 0 Å². The molecule has 0 bridgehead atoms. The molecule has 2 heterocycles. The molecule has 9 heteroatoms. The molecule has 28 heavy (non-hydrogen) atoms. The van der Waals surface area contributed by atoms with Crippen molar-refractivity contribution in [2.75, 3.05) is 18.8 Å². The highest BCUT2D eigenvalue weighted by molar-refractivity contribution is 6.01. The summed E-state index contributed by atoms with van der Waals surface area (Å²) in [7, 11) is 1.29. The lowest BCUT2D eigenvalue weighted by Gasteiger charge is -2.21. The summed E-state index contributed by atoms with van der Waals surface area (Å²) in [5, 5.41) is 9.28. The van der Waals surface area contributed by atoms with Gasteiger partial charge in [0.05, 0.1) is 13.1 Å². The van der Waals surface area contributed by atoms with Crippen molar-refractivity contribution in [1.82, 2.24) is 14.0 Å². The third-order valence-corrected chi connectivity index (χ3v) is 5.04. The Bertz CT molecular complexity index is 1030. The molecule has 1 saturated heterocycles. The van der Waals surface area contributed by atoms with Crippen LogP contribution in [0.2, 0.25) is 0 Å². The molecule has 9 nitrogen and oxygen atoms in total. The number of aromatic nitrogens is 2. The number of aliphatic carboxylic acids is 1. The smallest absolute Gasteiger partial charge is 0.332 e. The van der Waals surface area contributed by atoms with Gasteiger partial charge in [-0.1, -0.05) is 30.3 Å². The zero-order valence-corrected chi connectivity index (χ0v) is 15.5. The van der Waals surface area contributed by atoms with Crippen LogP contribution in [0.25, 0.3) is 0 Å². The third kappa shape index (κ3) is 3.61. The number of hydrogen-bond acceptors (Lipinski definition) is 6. The first-order chi connectivity index (χ1) is 13.3. The molecule has 1 fully saturated rings. The Labute approximate surface area is 160 Å². The summed E-state index contributed by atoms with van der Waals surface area (Å²) in [5.41, 5.74) is 5.18. The molecule has 2 aromatic rings. The normalized spacial score (nSPS) is 17.0. The van der Waals surface area contributed by atoms with Gasteiger partial charge in [-0.2, -0.15) is 0 Å². The lowest BCUT2D eigenvalue weighted by molar-refractivity contribution is -0.141. The van der Waals surface area contributed by atoms with Crippen LogP contribution in [0.3, 0.4) is 0 Å². The Morgan fingerprint density at radius 1 is 1.21 bits per heavy atom. The van der Waals surface area contributed by atoms with E-state index >= 15 is 0 Å². The fourth-order valence-electron chi connectivity index (χ4n) is 3.52. The fraction of sp³-hybridized carbons (Fsp3) is 0.368. The number of carbonyl (C=O) groups excluding carboxylic acids is 1. The molecule has 3 N–H and O–H groups in total. The molecule has 0 radical (unpaired) electrons. The number of ketones is 1. The minimum atomic E-state index is -1.000. The largest absolute Gasteiger partial charge is 0.480 e. The highest BCUT2D eigenvalue weighted by Crippen LogP contribution is 2.18. The molecule has 1 aliphatic heterocycles. The first-order valence-electron chi connectivity index (χ1n) is 8.94. The molecule has 3 rings (SSSR count). The molecule has 1 aromatic carbocycles. The number of rotatable bonds is 6. The number of likely N-dealkylation sites (tertiary alicyclic amines) is 1. The van der Waals surface area contributed by atoms with Gasteiger partial charge in [-0.05, 0) is 24.9 Å². The van der Waals surface area contributed by atoms with E-state index in [9.17, 15) is 24.3 Å². The van der Waals surface area contributed by atoms with Gasteiger partial charge < -0.3 is 10.8 Å². The van der Waals surface area contributed by atoms with Gasteiger partial charge in [0.15, 0.2) is 5.78 Å².